The molecule has 7 heteroatoms. The van der Waals surface area contributed by atoms with Crippen LogP contribution in [0, 0.1) is 13.8 Å². The lowest BCUT2D eigenvalue weighted by atomic mass is 10.0. The summed E-state index contributed by atoms with van der Waals surface area (Å²) >= 11 is 1.70. The third-order valence-electron chi connectivity index (χ3n) is 4.79. The Hall–Kier alpha value is -2.54. The first kappa shape index (κ1) is 16.9. The molecule has 6 nitrogen and oxygen atoms in total. The summed E-state index contributed by atoms with van der Waals surface area (Å²) in [5.74, 6) is 2.37. The average Bonchev–Trinajstić information content (AvgIpc) is 3.35. The highest BCUT2D eigenvalue weighted by Gasteiger charge is 2.24. The highest BCUT2D eigenvalue weighted by Crippen LogP contribution is 2.27. The quantitative estimate of drug-likeness (QED) is 0.734. The van der Waals surface area contributed by atoms with E-state index in [9.17, 15) is 4.79 Å². The molecule has 0 unspecified atom stereocenters. The van der Waals surface area contributed by atoms with Gasteiger partial charge < -0.3 is 14.6 Å². The molecule has 3 aromatic rings. The second-order valence-electron chi connectivity index (χ2n) is 6.68. The number of piperidine rings is 1. The molecule has 136 valence electrons. The van der Waals surface area contributed by atoms with E-state index in [0.717, 1.165) is 43.2 Å². The zero-order valence-electron chi connectivity index (χ0n) is 14.9. The SMILES string of the molecule is Cc1cc(C(=O)NC2CCN(c3cc(-c4cccs4)[nH]n3)CC2)c(C)o1. The summed E-state index contributed by atoms with van der Waals surface area (Å²) in [6, 6.07) is 8.21. The number of carbonyl (C=O) groups is 1. The van der Waals surface area contributed by atoms with Crippen molar-refractivity contribution in [2.45, 2.75) is 32.7 Å². The molecule has 1 fully saturated rings. The van der Waals surface area contributed by atoms with Gasteiger partial charge >= 0.3 is 0 Å². The van der Waals surface area contributed by atoms with Crippen LogP contribution < -0.4 is 10.2 Å². The van der Waals surface area contributed by atoms with Crippen molar-refractivity contribution in [2.75, 3.05) is 18.0 Å². The zero-order chi connectivity index (χ0) is 18.1. The minimum Gasteiger partial charge on any atom is -0.466 e. The summed E-state index contributed by atoms with van der Waals surface area (Å²) in [5, 5.41) is 12.8. The first-order valence-corrected chi connectivity index (χ1v) is 9.70. The maximum absolute atomic E-state index is 12.4. The van der Waals surface area contributed by atoms with Gasteiger partial charge in [-0.1, -0.05) is 6.07 Å². The number of aryl methyl sites for hydroxylation is 2. The van der Waals surface area contributed by atoms with Crippen LogP contribution >= 0.6 is 11.3 Å². The molecule has 0 atom stereocenters. The van der Waals surface area contributed by atoms with E-state index in [1.807, 2.05) is 19.9 Å². The standard InChI is InChI=1S/C19H22N4O2S/c1-12-10-15(13(2)25-12)19(24)20-14-5-7-23(8-6-14)18-11-16(21-22-18)17-4-3-9-26-17/h3-4,9-11,14H,5-8H2,1-2H3,(H,20,24)(H,21,22). The van der Waals surface area contributed by atoms with Crippen molar-refractivity contribution in [3.05, 3.63) is 46.7 Å². The summed E-state index contributed by atoms with van der Waals surface area (Å²) in [6.45, 7) is 5.44. The highest BCUT2D eigenvalue weighted by molar-refractivity contribution is 7.13. The molecule has 0 bridgehead atoms. The van der Waals surface area contributed by atoms with Gasteiger partial charge in [-0.15, -0.1) is 11.3 Å². The van der Waals surface area contributed by atoms with Gasteiger partial charge in [0.2, 0.25) is 0 Å². The van der Waals surface area contributed by atoms with Crippen molar-refractivity contribution in [3.8, 4) is 10.6 Å². The van der Waals surface area contributed by atoms with E-state index in [2.05, 4.69) is 37.9 Å². The molecule has 0 radical (unpaired) electrons. The Bertz CT molecular complexity index is 889. The third-order valence-corrected chi connectivity index (χ3v) is 5.69. The van der Waals surface area contributed by atoms with E-state index >= 15 is 0 Å². The number of aromatic nitrogens is 2. The second kappa shape index (κ2) is 6.99. The fourth-order valence-corrected chi connectivity index (χ4v) is 4.10. The number of carbonyl (C=O) groups excluding carboxylic acids is 1. The van der Waals surface area contributed by atoms with Gasteiger partial charge in [0.25, 0.3) is 5.91 Å². The summed E-state index contributed by atoms with van der Waals surface area (Å²) in [4.78, 5) is 15.9. The van der Waals surface area contributed by atoms with Gasteiger partial charge in [-0.3, -0.25) is 9.89 Å². The van der Waals surface area contributed by atoms with Crippen molar-refractivity contribution < 1.29 is 9.21 Å². The van der Waals surface area contributed by atoms with Crippen molar-refractivity contribution in [3.63, 3.8) is 0 Å². The molecule has 1 amide bonds. The molecule has 3 aromatic heterocycles. The Kier molecular flexibility index (Phi) is 4.55. The number of amides is 1. The number of hydrogen-bond acceptors (Lipinski definition) is 5. The van der Waals surface area contributed by atoms with Crippen LogP contribution in [0.5, 0.6) is 0 Å². The molecule has 4 rings (SSSR count). The molecule has 2 N–H and O–H groups in total. The summed E-state index contributed by atoms with van der Waals surface area (Å²) in [7, 11) is 0. The van der Waals surface area contributed by atoms with Crippen molar-refractivity contribution >= 4 is 23.1 Å². The number of aromatic amines is 1. The van der Waals surface area contributed by atoms with Crippen LogP contribution in [0.4, 0.5) is 5.82 Å². The van der Waals surface area contributed by atoms with Gasteiger partial charge in [0.05, 0.1) is 16.1 Å². The smallest absolute Gasteiger partial charge is 0.255 e. The zero-order valence-corrected chi connectivity index (χ0v) is 15.7. The van der Waals surface area contributed by atoms with E-state index in [4.69, 9.17) is 4.42 Å². The lowest BCUT2D eigenvalue weighted by molar-refractivity contribution is 0.0929. The van der Waals surface area contributed by atoms with Crippen LogP contribution in [0.2, 0.25) is 0 Å². The van der Waals surface area contributed by atoms with E-state index in [1.165, 1.54) is 4.88 Å². The highest BCUT2D eigenvalue weighted by atomic mass is 32.1. The Morgan fingerprint density at radius 2 is 2.15 bits per heavy atom. The maximum Gasteiger partial charge on any atom is 0.255 e. The molecule has 1 saturated heterocycles. The molecule has 0 saturated carbocycles. The van der Waals surface area contributed by atoms with Crippen molar-refractivity contribution in [1.82, 2.24) is 15.5 Å². The van der Waals surface area contributed by atoms with Crippen molar-refractivity contribution in [2.24, 2.45) is 0 Å². The van der Waals surface area contributed by atoms with Crippen LogP contribution in [0.25, 0.3) is 10.6 Å². The number of anilines is 1. The fraction of sp³-hybridized carbons (Fsp3) is 0.368. The van der Waals surface area contributed by atoms with Crippen LogP contribution in [0.15, 0.2) is 34.1 Å². The van der Waals surface area contributed by atoms with E-state index in [0.29, 0.717) is 11.3 Å². The number of nitrogens with zero attached hydrogens (tertiary/aromatic N) is 2. The van der Waals surface area contributed by atoms with Gasteiger partial charge in [-0.25, -0.2) is 0 Å². The summed E-state index contributed by atoms with van der Waals surface area (Å²) in [6.07, 6.45) is 1.81. The molecule has 1 aliphatic rings. The van der Waals surface area contributed by atoms with Gasteiger partial charge in [0.15, 0.2) is 5.82 Å². The first-order valence-electron chi connectivity index (χ1n) is 8.82. The van der Waals surface area contributed by atoms with Crippen LogP contribution in [0.1, 0.15) is 34.7 Å². The molecular formula is C19H22N4O2S. The van der Waals surface area contributed by atoms with E-state index in [1.54, 1.807) is 17.4 Å². The van der Waals surface area contributed by atoms with Gasteiger partial charge in [0, 0.05) is 25.2 Å². The number of thiophene rings is 1. The largest absolute Gasteiger partial charge is 0.466 e. The van der Waals surface area contributed by atoms with Gasteiger partial charge in [-0.05, 0) is 44.2 Å². The van der Waals surface area contributed by atoms with Gasteiger partial charge in [0.1, 0.15) is 11.5 Å². The molecule has 0 spiro atoms. The number of furan rings is 1. The monoisotopic (exact) mass is 370 g/mol. The Morgan fingerprint density at radius 1 is 1.35 bits per heavy atom. The number of H-pyrrole nitrogens is 1. The Balaban J connectivity index is 1.34. The molecule has 0 aromatic carbocycles. The maximum atomic E-state index is 12.4. The summed E-state index contributed by atoms with van der Waals surface area (Å²) < 4.78 is 5.45. The van der Waals surface area contributed by atoms with Crippen LogP contribution in [-0.2, 0) is 0 Å². The predicted octanol–water partition coefficient (Wildman–Crippen LogP) is 3.75. The number of nitrogens with one attached hydrogen (secondary N) is 2. The lowest BCUT2D eigenvalue weighted by Crippen LogP contribution is -2.44. The topological polar surface area (TPSA) is 74.2 Å². The predicted molar refractivity (Wildman–Crippen MR) is 103 cm³/mol. The minimum absolute atomic E-state index is 0.0439. The Morgan fingerprint density at radius 3 is 2.81 bits per heavy atom. The third kappa shape index (κ3) is 3.39. The van der Waals surface area contributed by atoms with Crippen molar-refractivity contribution in [1.29, 1.82) is 0 Å². The molecule has 26 heavy (non-hydrogen) atoms. The van der Waals surface area contributed by atoms with E-state index in [-0.39, 0.29) is 11.9 Å². The van der Waals surface area contributed by atoms with E-state index < -0.39 is 0 Å². The molecule has 1 aliphatic heterocycles. The molecule has 0 aliphatic carbocycles. The fourth-order valence-electron chi connectivity index (χ4n) is 3.40. The van der Waals surface area contributed by atoms with Crippen LogP contribution in [-0.4, -0.2) is 35.2 Å². The number of rotatable bonds is 4. The molecular weight excluding hydrogens is 348 g/mol. The first-order chi connectivity index (χ1) is 12.6. The second-order valence-corrected chi connectivity index (χ2v) is 7.63. The average molecular weight is 370 g/mol. The lowest BCUT2D eigenvalue weighted by Gasteiger charge is -2.32. The normalized spacial score (nSPS) is 15.4. The summed E-state index contributed by atoms with van der Waals surface area (Å²) in [5.41, 5.74) is 1.69. The Labute approximate surface area is 156 Å². The van der Waals surface area contributed by atoms with Gasteiger partial charge in [-0.2, -0.15) is 5.10 Å². The molecule has 4 heterocycles. The number of hydrogen-bond donors (Lipinski definition) is 2. The minimum atomic E-state index is -0.0439. The van der Waals surface area contributed by atoms with Crippen LogP contribution in [0.3, 0.4) is 0 Å².